The lowest BCUT2D eigenvalue weighted by Gasteiger charge is -2.00. The number of amides is 1. The number of carbonyl (C=O) groups is 1. The molecule has 0 radical (unpaired) electrons. The molecule has 0 saturated carbocycles. The van der Waals surface area contributed by atoms with Crippen molar-refractivity contribution in [1.29, 1.82) is 0 Å². The van der Waals surface area contributed by atoms with E-state index in [9.17, 15) is 4.79 Å². The number of nitrogens with one attached hydrogen (secondary N) is 1. The predicted octanol–water partition coefficient (Wildman–Crippen LogP) is 5.54. The number of benzene rings is 1. The van der Waals surface area contributed by atoms with Gasteiger partial charge in [0.2, 0.25) is 0 Å². The number of aromatic nitrogens is 1. The molecule has 0 aliphatic rings. The van der Waals surface area contributed by atoms with Crippen molar-refractivity contribution in [2.75, 3.05) is 5.32 Å². The van der Waals surface area contributed by atoms with E-state index in [1.165, 1.54) is 22.7 Å². The first-order valence-corrected chi connectivity index (χ1v) is 8.82. The number of carbonyl (C=O) groups excluding carboxylic acids is 1. The summed E-state index contributed by atoms with van der Waals surface area (Å²) in [5.41, 5.74) is 1.61. The maximum atomic E-state index is 12.1. The average molecular weight is 400 g/mol. The van der Waals surface area contributed by atoms with Crippen LogP contribution in [0, 0.1) is 0 Å². The molecule has 1 N–H and O–H groups in total. The molecule has 0 aliphatic carbocycles. The van der Waals surface area contributed by atoms with Crippen LogP contribution in [-0.4, -0.2) is 10.9 Å². The number of hydrogen-bond donors (Lipinski definition) is 1. The first-order chi connectivity index (χ1) is 10.1. The molecule has 7 heteroatoms. The van der Waals surface area contributed by atoms with Gasteiger partial charge in [-0.25, -0.2) is 4.98 Å². The van der Waals surface area contributed by atoms with Crippen LogP contribution < -0.4 is 5.32 Å². The number of hydrogen-bond acceptors (Lipinski definition) is 4. The Morgan fingerprint density at radius 2 is 2.05 bits per heavy atom. The molecule has 0 bridgehead atoms. The summed E-state index contributed by atoms with van der Waals surface area (Å²) in [5, 5.41) is 7.74. The van der Waals surface area contributed by atoms with Gasteiger partial charge in [0.05, 0.1) is 10.6 Å². The lowest BCUT2D eigenvalue weighted by atomic mass is 10.2. The van der Waals surface area contributed by atoms with E-state index in [2.05, 4.69) is 26.2 Å². The van der Waals surface area contributed by atoms with Gasteiger partial charge in [0.1, 0.15) is 0 Å². The average Bonchev–Trinajstić information content (AvgIpc) is 3.08. The topological polar surface area (TPSA) is 42.0 Å². The summed E-state index contributed by atoms with van der Waals surface area (Å²) in [6.45, 7) is 0. The molecule has 3 rings (SSSR count). The Hall–Kier alpha value is -1.21. The molecule has 0 saturated heterocycles. The third-order valence-corrected chi connectivity index (χ3v) is 5.44. The Labute approximate surface area is 142 Å². The Morgan fingerprint density at radius 1 is 1.24 bits per heavy atom. The Bertz CT molecular complexity index is 800. The van der Waals surface area contributed by atoms with Gasteiger partial charge in [-0.15, -0.1) is 22.7 Å². The Balaban J connectivity index is 1.80. The molecule has 1 aromatic carbocycles. The van der Waals surface area contributed by atoms with E-state index in [-0.39, 0.29) is 5.91 Å². The van der Waals surface area contributed by atoms with Crippen LogP contribution in [0.4, 0.5) is 5.13 Å². The first-order valence-electron chi connectivity index (χ1n) is 5.89. The van der Waals surface area contributed by atoms with Crippen molar-refractivity contribution < 1.29 is 4.79 Å². The number of rotatable bonds is 3. The summed E-state index contributed by atoms with van der Waals surface area (Å²) in [7, 11) is 0. The maximum absolute atomic E-state index is 12.1. The van der Waals surface area contributed by atoms with Crippen LogP contribution in [0.2, 0.25) is 5.02 Å². The largest absolute Gasteiger partial charge is 0.297 e. The zero-order valence-electron chi connectivity index (χ0n) is 10.5. The van der Waals surface area contributed by atoms with E-state index in [0.29, 0.717) is 15.0 Å². The van der Waals surface area contributed by atoms with E-state index in [1.807, 2.05) is 35.0 Å². The van der Waals surface area contributed by atoms with Crippen molar-refractivity contribution >= 4 is 61.2 Å². The summed E-state index contributed by atoms with van der Waals surface area (Å²) >= 11 is 12.2. The molecule has 2 heterocycles. The predicted molar refractivity (Wildman–Crippen MR) is 92.5 cm³/mol. The van der Waals surface area contributed by atoms with E-state index >= 15 is 0 Å². The zero-order chi connectivity index (χ0) is 14.8. The molecule has 0 atom stereocenters. The standard InChI is InChI=1S/C14H8BrClN2OS2/c15-8-5-12(20-6-8)13(19)18-14-17-11(7-21-14)9-3-1-2-4-10(9)16/h1-7H,(H,17,18,19). The van der Waals surface area contributed by atoms with Gasteiger partial charge < -0.3 is 0 Å². The van der Waals surface area contributed by atoms with Gasteiger partial charge in [0, 0.05) is 25.8 Å². The van der Waals surface area contributed by atoms with Gasteiger partial charge in [0.25, 0.3) is 5.91 Å². The Morgan fingerprint density at radius 3 is 2.76 bits per heavy atom. The third-order valence-electron chi connectivity index (χ3n) is 2.67. The van der Waals surface area contributed by atoms with Crippen molar-refractivity contribution in [2.45, 2.75) is 0 Å². The first kappa shape index (κ1) is 14.7. The fraction of sp³-hybridized carbons (Fsp3) is 0. The Kier molecular flexibility index (Phi) is 4.40. The molecule has 1 amide bonds. The minimum atomic E-state index is -0.161. The normalized spacial score (nSPS) is 10.6. The van der Waals surface area contributed by atoms with Crippen LogP contribution in [0.3, 0.4) is 0 Å². The van der Waals surface area contributed by atoms with E-state index in [0.717, 1.165) is 15.7 Å². The molecule has 106 valence electrons. The minimum absolute atomic E-state index is 0.161. The second-order valence-corrected chi connectivity index (χ2v) is 7.19. The highest BCUT2D eigenvalue weighted by Gasteiger charge is 2.12. The van der Waals surface area contributed by atoms with Crippen molar-refractivity contribution in [3.05, 3.63) is 55.5 Å². The van der Waals surface area contributed by atoms with Crippen LogP contribution in [0.15, 0.2) is 45.6 Å². The van der Waals surface area contributed by atoms with Crippen molar-refractivity contribution in [3.8, 4) is 11.3 Å². The highest BCUT2D eigenvalue weighted by atomic mass is 79.9. The summed E-state index contributed by atoms with van der Waals surface area (Å²) in [4.78, 5) is 17.1. The SMILES string of the molecule is O=C(Nc1nc(-c2ccccc2Cl)cs1)c1cc(Br)cs1. The minimum Gasteiger partial charge on any atom is -0.297 e. The number of anilines is 1. The number of halogens is 2. The van der Waals surface area contributed by atoms with Gasteiger partial charge in [-0.05, 0) is 28.1 Å². The monoisotopic (exact) mass is 398 g/mol. The maximum Gasteiger partial charge on any atom is 0.267 e. The van der Waals surface area contributed by atoms with E-state index in [4.69, 9.17) is 11.6 Å². The zero-order valence-corrected chi connectivity index (χ0v) is 14.4. The molecule has 0 spiro atoms. The van der Waals surface area contributed by atoms with Crippen molar-refractivity contribution in [2.24, 2.45) is 0 Å². The van der Waals surface area contributed by atoms with E-state index in [1.54, 1.807) is 6.07 Å². The smallest absolute Gasteiger partial charge is 0.267 e. The third kappa shape index (κ3) is 3.35. The molecule has 0 fully saturated rings. The molecule has 21 heavy (non-hydrogen) atoms. The van der Waals surface area contributed by atoms with Gasteiger partial charge in [-0.3, -0.25) is 10.1 Å². The van der Waals surface area contributed by atoms with Crippen molar-refractivity contribution in [3.63, 3.8) is 0 Å². The number of thiophene rings is 1. The molecule has 3 aromatic rings. The van der Waals surface area contributed by atoms with Crippen LogP contribution in [-0.2, 0) is 0 Å². The summed E-state index contributed by atoms with van der Waals surface area (Å²) < 4.78 is 0.897. The molecular formula is C14H8BrClN2OS2. The molecular weight excluding hydrogens is 392 g/mol. The quantitative estimate of drug-likeness (QED) is 0.628. The van der Waals surface area contributed by atoms with Crippen LogP contribution >= 0.6 is 50.2 Å². The number of nitrogens with zero attached hydrogens (tertiary/aromatic N) is 1. The molecule has 0 aliphatic heterocycles. The van der Waals surface area contributed by atoms with Gasteiger partial charge in [0.15, 0.2) is 5.13 Å². The van der Waals surface area contributed by atoms with Crippen molar-refractivity contribution in [1.82, 2.24) is 4.98 Å². The second-order valence-electron chi connectivity index (χ2n) is 4.10. The van der Waals surface area contributed by atoms with Crippen LogP contribution in [0.5, 0.6) is 0 Å². The van der Waals surface area contributed by atoms with Gasteiger partial charge in [-0.1, -0.05) is 29.8 Å². The highest BCUT2D eigenvalue weighted by Crippen LogP contribution is 2.30. The van der Waals surface area contributed by atoms with Crippen LogP contribution in [0.1, 0.15) is 9.67 Å². The summed E-state index contributed by atoms with van der Waals surface area (Å²) in [6, 6.07) is 9.27. The fourth-order valence-corrected chi connectivity index (χ4v) is 3.97. The summed E-state index contributed by atoms with van der Waals surface area (Å²) in [5.74, 6) is -0.161. The number of thiazole rings is 1. The van der Waals surface area contributed by atoms with Gasteiger partial charge >= 0.3 is 0 Å². The molecule has 2 aromatic heterocycles. The highest BCUT2D eigenvalue weighted by molar-refractivity contribution is 9.10. The lowest BCUT2D eigenvalue weighted by molar-refractivity contribution is 0.103. The molecule has 0 unspecified atom stereocenters. The molecule has 3 nitrogen and oxygen atoms in total. The fourth-order valence-electron chi connectivity index (χ4n) is 1.71. The lowest BCUT2D eigenvalue weighted by Crippen LogP contribution is -2.09. The van der Waals surface area contributed by atoms with E-state index < -0.39 is 0 Å². The second kappa shape index (κ2) is 6.27. The summed E-state index contributed by atoms with van der Waals surface area (Å²) in [6.07, 6.45) is 0. The van der Waals surface area contributed by atoms with Gasteiger partial charge in [-0.2, -0.15) is 0 Å². The van der Waals surface area contributed by atoms with Crippen LogP contribution in [0.25, 0.3) is 11.3 Å².